The first-order valence-corrected chi connectivity index (χ1v) is 6.21. The molecule has 0 spiro atoms. The van der Waals surface area contributed by atoms with Crippen molar-refractivity contribution in [1.82, 2.24) is 9.97 Å². The standard InChI is InChI=1S/C12H9BrF3N3O/c1-6-4-7(2-3-8(6)13)20-10-5-9(17)18-11(19-10)12(14,15)16/h2-5H,1H3,(H2,17,18,19). The van der Waals surface area contributed by atoms with Crippen LogP contribution in [0.4, 0.5) is 19.0 Å². The van der Waals surface area contributed by atoms with Crippen LogP contribution in [0.15, 0.2) is 28.7 Å². The highest BCUT2D eigenvalue weighted by molar-refractivity contribution is 9.10. The molecule has 0 radical (unpaired) electrons. The van der Waals surface area contributed by atoms with Crippen LogP contribution in [0, 0.1) is 6.92 Å². The number of hydrogen-bond donors (Lipinski definition) is 1. The van der Waals surface area contributed by atoms with Crippen molar-refractivity contribution in [2.45, 2.75) is 13.1 Å². The summed E-state index contributed by atoms with van der Waals surface area (Å²) in [5.74, 6) is -1.54. The van der Waals surface area contributed by atoms with Crippen molar-refractivity contribution >= 4 is 21.7 Å². The van der Waals surface area contributed by atoms with Gasteiger partial charge in [-0.05, 0) is 30.7 Å². The van der Waals surface area contributed by atoms with Gasteiger partial charge in [-0.2, -0.15) is 18.2 Å². The number of nitrogens with zero attached hydrogens (tertiary/aromatic N) is 2. The highest BCUT2D eigenvalue weighted by Gasteiger charge is 2.35. The predicted molar refractivity (Wildman–Crippen MR) is 70.4 cm³/mol. The Morgan fingerprint density at radius 3 is 2.50 bits per heavy atom. The molecule has 0 aliphatic rings. The zero-order chi connectivity index (χ0) is 14.9. The molecule has 0 atom stereocenters. The van der Waals surface area contributed by atoms with Gasteiger partial charge < -0.3 is 10.5 Å². The Morgan fingerprint density at radius 2 is 1.90 bits per heavy atom. The summed E-state index contributed by atoms with van der Waals surface area (Å²) in [4.78, 5) is 6.43. The molecule has 0 saturated carbocycles. The van der Waals surface area contributed by atoms with Crippen LogP contribution in [0.2, 0.25) is 0 Å². The van der Waals surface area contributed by atoms with E-state index in [1.165, 1.54) is 0 Å². The molecule has 1 aromatic carbocycles. The maximum absolute atomic E-state index is 12.6. The summed E-state index contributed by atoms with van der Waals surface area (Å²) >= 11 is 3.31. The Bertz CT molecular complexity index is 646. The van der Waals surface area contributed by atoms with Gasteiger partial charge in [-0.15, -0.1) is 0 Å². The summed E-state index contributed by atoms with van der Waals surface area (Å²) < 4.78 is 43.8. The Kier molecular flexibility index (Phi) is 3.85. The van der Waals surface area contributed by atoms with Gasteiger partial charge in [0.15, 0.2) is 0 Å². The number of alkyl halides is 3. The number of aromatic nitrogens is 2. The number of rotatable bonds is 2. The normalized spacial score (nSPS) is 11.4. The van der Waals surface area contributed by atoms with Gasteiger partial charge >= 0.3 is 6.18 Å². The number of anilines is 1. The lowest BCUT2D eigenvalue weighted by atomic mass is 10.2. The number of nitrogens with two attached hydrogens (primary N) is 1. The molecule has 0 unspecified atom stereocenters. The molecular formula is C12H9BrF3N3O. The average Bonchev–Trinajstić information content (AvgIpc) is 2.32. The first-order chi connectivity index (χ1) is 9.25. The quantitative estimate of drug-likeness (QED) is 0.893. The van der Waals surface area contributed by atoms with Crippen molar-refractivity contribution in [2.24, 2.45) is 0 Å². The fourth-order valence-corrected chi connectivity index (χ4v) is 1.67. The van der Waals surface area contributed by atoms with Gasteiger partial charge in [0.2, 0.25) is 11.7 Å². The molecule has 2 N–H and O–H groups in total. The minimum absolute atomic E-state index is 0.258. The van der Waals surface area contributed by atoms with Gasteiger partial charge in [0.05, 0.1) is 0 Å². The van der Waals surface area contributed by atoms with E-state index < -0.39 is 12.0 Å². The van der Waals surface area contributed by atoms with Crippen molar-refractivity contribution in [3.05, 3.63) is 40.1 Å². The topological polar surface area (TPSA) is 61.0 Å². The van der Waals surface area contributed by atoms with Crippen molar-refractivity contribution in [3.8, 4) is 11.6 Å². The monoisotopic (exact) mass is 347 g/mol. The summed E-state index contributed by atoms with van der Waals surface area (Å²) in [6.07, 6.45) is -4.68. The second kappa shape index (κ2) is 5.28. The second-order valence-corrected chi connectivity index (χ2v) is 4.82. The van der Waals surface area contributed by atoms with Gasteiger partial charge in [0.1, 0.15) is 11.6 Å². The third-order valence-electron chi connectivity index (χ3n) is 2.33. The molecule has 0 aliphatic heterocycles. The predicted octanol–water partition coefficient (Wildman–Crippen LogP) is 3.94. The lowest BCUT2D eigenvalue weighted by Crippen LogP contribution is -2.12. The van der Waals surface area contributed by atoms with Gasteiger partial charge in [0, 0.05) is 10.5 Å². The maximum atomic E-state index is 12.6. The van der Waals surface area contributed by atoms with Gasteiger partial charge in [0.25, 0.3) is 0 Å². The number of nitrogen functional groups attached to an aromatic ring is 1. The van der Waals surface area contributed by atoms with Crippen LogP contribution < -0.4 is 10.5 Å². The Labute approximate surface area is 120 Å². The first-order valence-electron chi connectivity index (χ1n) is 5.41. The largest absolute Gasteiger partial charge is 0.451 e. The molecule has 0 fully saturated rings. The molecule has 0 aliphatic carbocycles. The van der Waals surface area contributed by atoms with Gasteiger partial charge in [-0.25, -0.2) is 4.98 Å². The molecule has 0 bridgehead atoms. The van der Waals surface area contributed by atoms with Crippen LogP contribution in [0.5, 0.6) is 11.6 Å². The highest BCUT2D eigenvalue weighted by Crippen LogP contribution is 2.30. The third-order valence-corrected chi connectivity index (χ3v) is 3.22. The Morgan fingerprint density at radius 1 is 1.20 bits per heavy atom. The van der Waals surface area contributed by atoms with Crippen LogP contribution in [0.3, 0.4) is 0 Å². The minimum atomic E-state index is -4.68. The molecule has 0 amide bonds. The molecular weight excluding hydrogens is 339 g/mol. The zero-order valence-electron chi connectivity index (χ0n) is 10.2. The van der Waals surface area contributed by atoms with Crippen LogP contribution in [-0.4, -0.2) is 9.97 Å². The summed E-state index contributed by atoms with van der Waals surface area (Å²) in [5, 5.41) is 0. The maximum Gasteiger partial charge on any atom is 0.451 e. The van der Waals surface area contributed by atoms with Crippen molar-refractivity contribution in [2.75, 3.05) is 5.73 Å². The van der Waals surface area contributed by atoms with E-state index in [9.17, 15) is 13.2 Å². The third kappa shape index (κ3) is 3.38. The van der Waals surface area contributed by atoms with E-state index in [1.807, 2.05) is 6.92 Å². The van der Waals surface area contributed by atoms with E-state index in [0.29, 0.717) is 5.75 Å². The molecule has 1 heterocycles. The number of hydrogen-bond acceptors (Lipinski definition) is 4. The molecule has 8 heteroatoms. The Balaban J connectivity index is 2.33. The van der Waals surface area contributed by atoms with Crippen molar-refractivity contribution in [1.29, 1.82) is 0 Å². The van der Waals surface area contributed by atoms with E-state index in [1.54, 1.807) is 18.2 Å². The van der Waals surface area contributed by atoms with E-state index >= 15 is 0 Å². The van der Waals surface area contributed by atoms with Crippen LogP contribution in [-0.2, 0) is 6.18 Å². The Hall–Kier alpha value is -1.83. The molecule has 106 valence electrons. The SMILES string of the molecule is Cc1cc(Oc2cc(N)nc(C(F)(F)F)n2)ccc1Br. The fourth-order valence-electron chi connectivity index (χ4n) is 1.42. The van der Waals surface area contributed by atoms with E-state index in [0.717, 1.165) is 16.1 Å². The first kappa shape index (κ1) is 14.6. The highest BCUT2D eigenvalue weighted by atomic mass is 79.9. The van der Waals surface area contributed by atoms with E-state index in [4.69, 9.17) is 10.5 Å². The fraction of sp³-hybridized carbons (Fsp3) is 0.167. The smallest absolute Gasteiger partial charge is 0.439 e. The lowest BCUT2D eigenvalue weighted by molar-refractivity contribution is -0.145. The van der Waals surface area contributed by atoms with Gasteiger partial charge in [-0.1, -0.05) is 15.9 Å². The summed E-state index contributed by atoms with van der Waals surface area (Å²) in [6.45, 7) is 1.83. The summed E-state index contributed by atoms with van der Waals surface area (Å²) in [6, 6.07) is 6.12. The number of ether oxygens (including phenoxy) is 1. The minimum Gasteiger partial charge on any atom is -0.439 e. The number of benzene rings is 1. The van der Waals surface area contributed by atoms with Crippen molar-refractivity contribution in [3.63, 3.8) is 0 Å². The zero-order valence-corrected chi connectivity index (χ0v) is 11.8. The molecule has 2 aromatic rings. The van der Waals surface area contributed by atoms with Crippen molar-refractivity contribution < 1.29 is 17.9 Å². The molecule has 20 heavy (non-hydrogen) atoms. The molecule has 2 rings (SSSR count). The van der Waals surface area contributed by atoms with Crippen LogP contribution in [0.1, 0.15) is 11.4 Å². The molecule has 0 saturated heterocycles. The van der Waals surface area contributed by atoms with Crippen LogP contribution >= 0.6 is 15.9 Å². The molecule has 1 aromatic heterocycles. The number of aryl methyl sites for hydroxylation is 1. The summed E-state index contributed by atoms with van der Waals surface area (Å²) in [5.41, 5.74) is 6.20. The number of halogens is 4. The average molecular weight is 348 g/mol. The summed E-state index contributed by atoms with van der Waals surface area (Å²) in [7, 11) is 0. The lowest BCUT2D eigenvalue weighted by Gasteiger charge is -2.10. The second-order valence-electron chi connectivity index (χ2n) is 3.97. The van der Waals surface area contributed by atoms with Gasteiger partial charge in [-0.3, -0.25) is 0 Å². The molecule has 4 nitrogen and oxygen atoms in total. The van der Waals surface area contributed by atoms with Crippen LogP contribution in [0.25, 0.3) is 0 Å². The van der Waals surface area contributed by atoms with E-state index in [2.05, 4.69) is 25.9 Å². The van der Waals surface area contributed by atoms with E-state index in [-0.39, 0.29) is 11.7 Å².